The second-order valence-corrected chi connectivity index (χ2v) is 15.0. The number of aliphatic hydroxyl groups is 2. The van der Waals surface area contributed by atoms with Gasteiger partial charge in [0, 0.05) is 0 Å². The van der Waals surface area contributed by atoms with Gasteiger partial charge in [-0.25, -0.2) is 0 Å². The van der Waals surface area contributed by atoms with E-state index in [0.29, 0.717) is 19.3 Å². The van der Waals surface area contributed by atoms with Gasteiger partial charge in [0.2, 0.25) is 0 Å². The van der Waals surface area contributed by atoms with Gasteiger partial charge < -0.3 is 20.4 Å². The van der Waals surface area contributed by atoms with E-state index in [1.807, 2.05) is 0 Å². The van der Waals surface area contributed by atoms with Crippen LogP contribution in [0.1, 0.15) is 99.3 Å². The van der Waals surface area contributed by atoms with E-state index in [1.165, 1.54) is 5.57 Å². The molecule has 6 heteroatoms. The van der Waals surface area contributed by atoms with E-state index in [1.54, 1.807) is 6.92 Å². The zero-order chi connectivity index (χ0) is 26.7. The predicted octanol–water partition coefficient (Wildman–Crippen LogP) is 5.27. The average molecular weight is 503 g/mol. The van der Waals surface area contributed by atoms with E-state index in [9.17, 15) is 30.0 Å². The van der Waals surface area contributed by atoms with E-state index in [2.05, 4.69) is 40.7 Å². The third-order valence-electron chi connectivity index (χ3n) is 13.1. The molecule has 4 N–H and O–H groups in total. The molecule has 5 aliphatic rings. The zero-order valence-electron chi connectivity index (χ0n) is 22.9. The fourth-order valence-corrected chi connectivity index (χ4v) is 10.7. The van der Waals surface area contributed by atoms with Gasteiger partial charge in [0.15, 0.2) is 0 Å². The molecule has 0 radical (unpaired) electrons. The fraction of sp³-hybridized carbons (Fsp3) is 0.867. The van der Waals surface area contributed by atoms with Crippen LogP contribution >= 0.6 is 0 Å². The molecule has 0 aromatic carbocycles. The number of carbonyl (C=O) groups is 2. The van der Waals surface area contributed by atoms with Crippen molar-refractivity contribution in [2.75, 3.05) is 0 Å². The lowest BCUT2D eigenvalue weighted by Gasteiger charge is -2.71. The number of rotatable bonds is 2. The first-order valence-corrected chi connectivity index (χ1v) is 14.0. The second kappa shape index (κ2) is 7.59. The normalized spacial score (nSPS) is 53.7. The van der Waals surface area contributed by atoms with E-state index >= 15 is 0 Å². The van der Waals surface area contributed by atoms with Crippen LogP contribution in [-0.4, -0.2) is 44.6 Å². The second-order valence-electron chi connectivity index (χ2n) is 15.0. The SMILES string of the molecule is CC1(C)CC[C@@]2(C(=O)O)CC[C@]3(C)C(=CC[C@@H]4[C@@]5(C)C[C@@H](O)[C@@H](O)[C@](C)(C(=O)O)[C@H]5CC[C@]43C)[C@H]2C1. The van der Waals surface area contributed by atoms with Crippen molar-refractivity contribution in [3.05, 3.63) is 11.6 Å². The highest BCUT2D eigenvalue weighted by Crippen LogP contribution is 2.75. The molecule has 0 spiro atoms. The number of fused-ring (bicyclic) bond motifs is 7. The summed E-state index contributed by atoms with van der Waals surface area (Å²) in [6.45, 7) is 13.0. The van der Waals surface area contributed by atoms with E-state index in [-0.39, 0.29) is 34.0 Å². The minimum Gasteiger partial charge on any atom is -0.481 e. The molecule has 0 aromatic rings. The molecule has 0 amide bonds. The third kappa shape index (κ3) is 2.98. The van der Waals surface area contributed by atoms with Gasteiger partial charge in [-0.15, -0.1) is 0 Å². The Bertz CT molecular complexity index is 1020. The summed E-state index contributed by atoms with van der Waals surface area (Å²) >= 11 is 0. The molecule has 5 aliphatic carbocycles. The standard InChI is InChI=1S/C30H46O6/c1-25(2)11-13-30(24(35)36)14-12-27(4)17(18(30)15-25)7-8-20-26(3)16-19(31)22(32)29(6,23(33)34)21(26)9-10-28(20,27)5/h7,18-22,31-32H,8-16H2,1-6H3,(H,33,34)(H,35,36)/t18-,19-,20-,21+,22-,26-,27-,28-,29-,30-/m1/s1. The lowest BCUT2D eigenvalue weighted by Crippen LogP contribution is -2.68. The Morgan fingerprint density at radius 2 is 1.47 bits per heavy atom. The fourth-order valence-electron chi connectivity index (χ4n) is 10.7. The first-order valence-electron chi connectivity index (χ1n) is 14.0. The summed E-state index contributed by atoms with van der Waals surface area (Å²) < 4.78 is 0. The van der Waals surface area contributed by atoms with Crippen molar-refractivity contribution in [3.63, 3.8) is 0 Å². The van der Waals surface area contributed by atoms with Crippen LogP contribution in [-0.2, 0) is 9.59 Å². The highest BCUT2D eigenvalue weighted by molar-refractivity contribution is 5.77. The summed E-state index contributed by atoms with van der Waals surface area (Å²) in [6.07, 6.45) is 6.80. The van der Waals surface area contributed by atoms with Gasteiger partial charge >= 0.3 is 11.9 Å². The summed E-state index contributed by atoms with van der Waals surface area (Å²) in [5.74, 6) is -1.71. The highest BCUT2D eigenvalue weighted by atomic mass is 16.4. The van der Waals surface area contributed by atoms with Gasteiger partial charge in [0.05, 0.1) is 23.0 Å². The predicted molar refractivity (Wildman–Crippen MR) is 136 cm³/mol. The molecule has 0 aliphatic heterocycles. The molecule has 202 valence electrons. The van der Waals surface area contributed by atoms with Crippen molar-refractivity contribution in [1.29, 1.82) is 0 Å². The van der Waals surface area contributed by atoms with Crippen molar-refractivity contribution in [2.24, 2.45) is 50.2 Å². The molecule has 0 aromatic heterocycles. The van der Waals surface area contributed by atoms with Gasteiger partial charge in [-0.05, 0) is 104 Å². The zero-order valence-corrected chi connectivity index (χ0v) is 22.9. The smallest absolute Gasteiger partial charge is 0.312 e. The van der Waals surface area contributed by atoms with Crippen molar-refractivity contribution in [2.45, 2.75) is 112 Å². The van der Waals surface area contributed by atoms with Crippen molar-refractivity contribution in [3.8, 4) is 0 Å². The molecule has 0 saturated heterocycles. The molecular formula is C30H46O6. The number of aliphatic carboxylic acids is 2. The quantitative estimate of drug-likeness (QED) is 0.383. The molecule has 4 saturated carbocycles. The van der Waals surface area contributed by atoms with Crippen LogP contribution in [0.15, 0.2) is 11.6 Å². The molecule has 5 rings (SSSR count). The maximum Gasteiger partial charge on any atom is 0.312 e. The number of allylic oxidation sites excluding steroid dienone is 2. The van der Waals surface area contributed by atoms with E-state index in [0.717, 1.165) is 38.5 Å². The number of carboxylic acid groups (broad SMARTS) is 2. The molecule has 4 fully saturated rings. The summed E-state index contributed by atoms with van der Waals surface area (Å²) in [6, 6.07) is 0. The van der Waals surface area contributed by atoms with Gasteiger partial charge in [0.1, 0.15) is 0 Å². The summed E-state index contributed by atoms with van der Waals surface area (Å²) in [4.78, 5) is 25.3. The summed E-state index contributed by atoms with van der Waals surface area (Å²) in [5.41, 5.74) is -1.36. The maximum absolute atomic E-state index is 12.8. The Hall–Kier alpha value is -1.40. The number of hydrogen-bond acceptors (Lipinski definition) is 4. The van der Waals surface area contributed by atoms with Gasteiger partial charge in [-0.1, -0.05) is 46.3 Å². The maximum atomic E-state index is 12.8. The Morgan fingerprint density at radius 3 is 2.08 bits per heavy atom. The van der Waals surface area contributed by atoms with Crippen LogP contribution in [0.25, 0.3) is 0 Å². The molecule has 0 bridgehead atoms. The minimum absolute atomic E-state index is 0.0314. The largest absolute Gasteiger partial charge is 0.481 e. The minimum atomic E-state index is -1.39. The summed E-state index contributed by atoms with van der Waals surface area (Å²) in [7, 11) is 0. The lowest BCUT2D eigenvalue weighted by atomic mass is 9.33. The Kier molecular flexibility index (Phi) is 5.53. The van der Waals surface area contributed by atoms with Gasteiger partial charge in [-0.3, -0.25) is 9.59 Å². The van der Waals surface area contributed by atoms with Crippen LogP contribution in [0.5, 0.6) is 0 Å². The van der Waals surface area contributed by atoms with Crippen LogP contribution in [0.2, 0.25) is 0 Å². The van der Waals surface area contributed by atoms with E-state index < -0.39 is 40.4 Å². The monoisotopic (exact) mass is 502 g/mol. The van der Waals surface area contributed by atoms with Crippen molar-refractivity contribution >= 4 is 11.9 Å². The molecule has 10 atom stereocenters. The number of hydrogen-bond donors (Lipinski definition) is 4. The van der Waals surface area contributed by atoms with Crippen LogP contribution in [0.3, 0.4) is 0 Å². The summed E-state index contributed by atoms with van der Waals surface area (Å²) in [5, 5.41) is 42.6. The van der Waals surface area contributed by atoms with Crippen LogP contribution < -0.4 is 0 Å². The Morgan fingerprint density at radius 1 is 0.833 bits per heavy atom. The first-order chi connectivity index (χ1) is 16.5. The van der Waals surface area contributed by atoms with Crippen LogP contribution in [0.4, 0.5) is 0 Å². The molecule has 36 heavy (non-hydrogen) atoms. The van der Waals surface area contributed by atoms with E-state index in [4.69, 9.17) is 0 Å². The molecule has 0 heterocycles. The number of carboxylic acids is 2. The van der Waals surface area contributed by atoms with Crippen LogP contribution in [0, 0.1) is 50.2 Å². The van der Waals surface area contributed by atoms with Gasteiger partial charge in [-0.2, -0.15) is 0 Å². The first kappa shape index (κ1) is 26.2. The third-order valence-corrected chi connectivity index (χ3v) is 13.1. The van der Waals surface area contributed by atoms with Gasteiger partial charge in [0.25, 0.3) is 0 Å². The Labute approximate surface area is 215 Å². The Balaban J connectivity index is 1.62. The molecule has 6 nitrogen and oxygen atoms in total. The lowest BCUT2D eigenvalue weighted by molar-refractivity contribution is -0.239. The number of aliphatic hydroxyl groups excluding tert-OH is 2. The average Bonchev–Trinajstić information content (AvgIpc) is 2.77. The topological polar surface area (TPSA) is 115 Å². The van der Waals surface area contributed by atoms with Crippen molar-refractivity contribution in [1.82, 2.24) is 0 Å². The molecular weight excluding hydrogens is 456 g/mol. The highest BCUT2D eigenvalue weighted by Gasteiger charge is 2.71. The molecule has 0 unspecified atom stereocenters. The van der Waals surface area contributed by atoms with Crippen molar-refractivity contribution < 1.29 is 30.0 Å².